The Kier molecular flexibility index (Phi) is 7.59. The molecule has 3 rings (SSSR count). The molecule has 0 bridgehead atoms. The molecule has 7 nitrogen and oxygen atoms in total. The molecule has 0 saturated heterocycles. The standard InChI is InChI=1S/C25H23NO6/c1-17(27)20-12-13-22(23(14-20)30-2)31-16-24(28)32-15-18-8-10-19(11-9-18)25(29)26-21-6-4-3-5-7-21/h3-14H,15-16H2,1-2H3,(H,26,29). The van der Waals surface area contributed by atoms with Gasteiger partial charge in [0, 0.05) is 16.8 Å². The fourth-order valence-electron chi connectivity index (χ4n) is 2.83. The first-order chi connectivity index (χ1) is 15.5. The first-order valence-corrected chi connectivity index (χ1v) is 9.89. The van der Waals surface area contributed by atoms with Crippen molar-refractivity contribution in [3.8, 4) is 11.5 Å². The van der Waals surface area contributed by atoms with E-state index in [4.69, 9.17) is 14.2 Å². The van der Waals surface area contributed by atoms with E-state index in [0.717, 1.165) is 5.56 Å². The summed E-state index contributed by atoms with van der Waals surface area (Å²) in [4.78, 5) is 35.8. The van der Waals surface area contributed by atoms with Gasteiger partial charge in [-0.1, -0.05) is 30.3 Å². The van der Waals surface area contributed by atoms with Gasteiger partial charge < -0.3 is 19.5 Å². The zero-order chi connectivity index (χ0) is 22.9. The Hall–Kier alpha value is -4.13. The first-order valence-electron chi connectivity index (χ1n) is 9.89. The summed E-state index contributed by atoms with van der Waals surface area (Å²) < 4.78 is 15.9. The SMILES string of the molecule is COc1cc(C(C)=O)ccc1OCC(=O)OCc1ccc(C(=O)Nc2ccccc2)cc1. The van der Waals surface area contributed by atoms with Crippen LogP contribution in [0.3, 0.4) is 0 Å². The third-order valence-corrected chi connectivity index (χ3v) is 4.56. The number of benzene rings is 3. The van der Waals surface area contributed by atoms with Crippen LogP contribution >= 0.6 is 0 Å². The van der Waals surface area contributed by atoms with Crippen molar-refractivity contribution >= 4 is 23.3 Å². The molecule has 1 N–H and O–H groups in total. The Morgan fingerprint density at radius 3 is 2.19 bits per heavy atom. The van der Waals surface area contributed by atoms with Crippen molar-refractivity contribution in [1.82, 2.24) is 0 Å². The second-order valence-corrected chi connectivity index (χ2v) is 6.89. The number of Topliss-reactive ketones (excluding diaryl/α,β-unsaturated/α-hetero) is 1. The first kappa shape index (κ1) is 22.6. The summed E-state index contributed by atoms with van der Waals surface area (Å²) in [6, 6.07) is 20.7. The zero-order valence-corrected chi connectivity index (χ0v) is 17.8. The quantitative estimate of drug-likeness (QED) is 0.400. The number of hydrogen-bond donors (Lipinski definition) is 1. The number of carbonyl (C=O) groups is 3. The van der Waals surface area contributed by atoms with Crippen LogP contribution in [0, 0.1) is 0 Å². The van der Waals surface area contributed by atoms with Gasteiger partial charge in [0.05, 0.1) is 7.11 Å². The van der Waals surface area contributed by atoms with Crippen LogP contribution in [0.4, 0.5) is 5.69 Å². The van der Waals surface area contributed by atoms with Crippen LogP contribution in [0.5, 0.6) is 11.5 Å². The number of anilines is 1. The number of para-hydroxylation sites is 1. The Balaban J connectivity index is 1.49. The highest BCUT2D eigenvalue weighted by Crippen LogP contribution is 2.28. The fourth-order valence-corrected chi connectivity index (χ4v) is 2.83. The minimum atomic E-state index is -0.561. The van der Waals surface area contributed by atoms with Crippen molar-refractivity contribution < 1.29 is 28.6 Å². The van der Waals surface area contributed by atoms with Crippen molar-refractivity contribution in [2.45, 2.75) is 13.5 Å². The molecular formula is C25H23NO6. The van der Waals surface area contributed by atoms with Gasteiger partial charge in [-0.3, -0.25) is 9.59 Å². The largest absolute Gasteiger partial charge is 0.493 e. The van der Waals surface area contributed by atoms with Gasteiger partial charge in [0.15, 0.2) is 23.9 Å². The molecule has 0 aliphatic carbocycles. The Labute approximate surface area is 185 Å². The van der Waals surface area contributed by atoms with Gasteiger partial charge in [-0.05, 0) is 55.0 Å². The van der Waals surface area contributed by atoms with Crippen molar-refractivity contribution in [2.75, 3.05) is 19.0 Å². The number of carbonyl (C=O) groups excluding carboxylic acids is 3. The highest BCUT2D eigenvalue weighted by Gasteiger charge is 2.12. The number of methoxy groups -OCH3 is 1. The molecule has 32 heavy (non-hydrogen) atoms. The summed E-state index contributed by atoms with van der Waals surface area (Å²) in [6.07, 6.45) is 0. The van der Waals surface area contributed by atoms with Crippen molar-refractivity contribution in [2.24, 2.45) is 0 Å². The highest BCUT2D eigenvalue weighted by atomic mass is 16.6. The van der Waals surface area contributed by atoms with Crippen LogP contribution in [-0.4, -0.2) is 31.4 Å². The second-order valence-electron chi connectivity index (χ2n) is 6.89. The lowest BCUT2D eigenvalue weighted by Gasteiger charge is -2.11. The molecule has 7 heteroatoms. The molecule has 0 atom stereocenters. The van der Waals surface area contributed by atoms with E-state index in [1.165, 1.54) is 14.0 Å². The van der Waals surface area contributed by atoms with Crippen molar-refractivity contribution in [3.05, 3.63) is 89.5 Å². The zero-order valence-electron chi connectivity index (χ0n) is 17.8. The number of ether oxygens (including phenoxy) is 3. The van der Waals surface area contributed by atoms with Gasteiger partial charge in [-0.2, -0.15) is 0 Å². The van der Waals surface area contributed by atoms with Crippen LogP contribution in [-0.2, 0) is 16.1 Å². The number of amides is 1. The lowest BCUT2D eigenvalue weighted by molar-refractivity contribution is -0.147. The smallest absolute Gasteiger partial charge is 0.344 e. The highest BCUT2D eigenvalue weighted by molar-refractivity contribution is 6.04. The topological polar surface area (TPSA) is 90.9 Å². The van der Waals surface area contributed by atoms with E-state index in [0.29, 0.717) is 28.3 Å². The number of rotatable bonds is 9. The maximum Gasteiger partial charge on any atom is 0.344 e. The average Bonchev–Trinajstić information content (AvgIpc) is 2.82. The average molecular weight is 433 g/mol. The lowest BCUT2D eigenvalue weighted by Crippen LogP contribution is -2.15. The molecule has 0 saturated carbocycles. The Bertz CT molecular complexity index is 1090. The third kappa shape index (κ3) is 6.18. The predicted octanol–water partition coefficient (Wildman–Crippen LogP) is 4.27. The fraction of sp³-hybridized carbons (Fsp3) is 0.160. The van der Waals surface area contributed by atoms with Crippen LogP contribution < -0.4 is 14.8 Å². The Morgan fingerprint density at radius 1 is 0.844 bits per heavy atom. The van der Waals surface area contributed by atoms with Gasteiger partial charge in [0.1, 0.15) is 6.61 Å². The minimum absolute atomic E-state index is 0.0448. The van der Waals surface area contributed by atoms with Gasteiger partial charge in [-0.25, -0.2) is 4.79 Å². The maximum atomic E-state index is 12.3. The number of esters is 1. The van der Waals surface area contributed by atoms with E-state index in [1.807, 2.05) is 18.2 Å². The molecule has 3 aromatic rings. The molecule has 0 heterocycles. The van der Waals surface area contributed by atoms with E-state index in [1.54, 1.807) is 54.6 Å². The number of ketones is 1. The van der Waals surface area contributed by atoms with E-state index in [2.05, 4.69) is 5.32 Å². The van der Waals surface area contributed by atoms with Gasteiger partial charge in [0.25, 0.3) is 5.91 Å². The molecule has 0 aliphatic heterocycles. The van der Waals surface area contributed by atoms with Crippen LogP contribution in [0.25, 0.3) is 0 Å². The number of hydrogen-bond acceptors (Lipinski definition) is 6. The van der Waals surface area contributed by atoms with Crippen LogP contribution in [0.15, 0.2) is 72.8 Å². The molecule has 0 spiro atoms. The predicted molar refractivity (Wildman–Crippen MR) is 119 cm³/mol. The van der Waals surface area contributed by atoms with E-state index < -0.39 is 5.97 Å². The van der Waals surface area contributed by atoms with Gasteiger partial charge in [-0.15, -0.1) is 0 Å². The summed E-state index contributed by atoms with van der Waals surface area (Å²) >= 11 is 0. The van der Waals surface area contributed by atoms with E-state index >= 15 is 0 Å². The molecule has 0 aliphatic rings. The molecule has 0 aromatic heterocycles. The maximum absolute atomic E-state index is 12.3. The summed E-state index contributed by atoms with van der Waals surface area (Å²) in [5.74, 6) is -0.192. The molecule has 0 radical (unpaired) electrons. The number of nitrogens with one attached hydrogen (secondary N) is 1. The molecule has 1 amide bonds. The van der Waals surface area contributed by atoms with Crippen LogP contribution in [0.2, 0.25) is 0 Å². The minimum Gasteiger partial charge on any atom is -0.493 e. The third-order valence-electron chi connectivity index (χ3n) is 4.56. The molecule has 0 unspecified atom stereocenters. The normalized spacial score (nSPS) is 10.2. The van der Waals surface area contributed by atoms with Crippen LogP contribution in [0.1, 0.15) is 33.2 Å². The van der Waals surface area contributed by atoms with E-state index in [9.17, 15) is 14.4 Å². The molecular weight excluding hydrogens is 410 g/mol. The lowest BCUT2D eigenvalue weighted by atomic mass is 10.1. The summed E-state index contributed by atoms with van der Waals surface area (Å²) in [6.45, 7) is 1.19. The van der Waals surface area contributed by atoms with Crippen molar-refractivity contribution in [1.29, 1.82) is 0 Å². The Morgan fingerprint density at radius 2 is 1.53 bits per heavy atom. The van der Waals surface area contributed by atoms with E-state index in [-0.39, 0.29) is 24.9 Å². The molecule has 0 fully saturated rings. The summed E-state index contributed by atoms with van der Waals surface area (Å²) in [5.41, 5.74) is 2.42. The van der Waals surface area contributed by atoms with Gasteiger partial charge >= 0.3 is 5.97 Å². The van der Waals surface area contributed by atoms with Gasteiger partial charge in [0.2, 0.25) is 0 Å². The second kappa shape index (κ2) is 10.8. The molecule has 164 valence electrons. The van der Waals surface area contributed by atoms with Crippen molar-refractivity contribution in [3.63, 3.8) is 0 Å². The molecule has 3 aromatic carbocycles. The summed E-state index contributed by atoms with van der Waals surface area (Å²) in [7, 11) is 1.45. The monoisotopic (exact) mass is 433 g/mol. The summed E-state index contributed by atoms with van der Waals surface area (Å²) in [5, 5.41) is 2.81.